The lowest BCUT2D eigenvalue weighted by atomic mass is 10.0. The van der Waals surface area contributed by atoms with Gasteiger partial charge in [-0.25, -0.2) is 13.6 Å². The van der Waals surface area contributed by atoms with Gasteiger partial charge >= 0.3 is 6.09 Å². The Bertz CT molecular complexity index is 1230. The van der Waals surface area contributed by atoms with Crippen LogP contribution in [0.1, 0.15) is 30.0 Å². The van der Waals surface area contributed by atoms with E-state index in [1.165, 1.54) is 18.2 Å². The van der Waals surface area contributed by atoms with Crippen molar-refractivity contribution in [2.24, 2.45) is 4.99 Å². The minimum Gasteiger partial charge on any atom is -0.435 e. The molecule has 2 aromatic carbocycles. The molecule has 3 heterocycles. The highest BCUT2D eigenvalue weighted by Gasteiger charge is 2.25. The number of nitrogens with zero attached hydrogens (tertiary/aromatic N) is 5. The number of benzene rings is 2. The molecule has 2 atom stereocenters. The number of aliphatic imine (C=N–C) groups is 1. The Kier molecular flexibility index (Phi) is 6.68. The van der Waals surface area contributed by atoms with Gasteiger partial charge < -0.3 is 14.3 Å². The van der Waals surface area contributed by atoms with Crippen LogP contribution in [-0.2, 0) is 4.52 Å². The highest BCUT2D eigenvalue weighted by Crippen LogP contribution is 2.33. The maximum atomic E-state index is 14.1. The second kappa shape index (κ2) is 10.0. The summed E-state index contributed by atoms with van der Waals surface area (Å²) in [5, 5.41) is 8.75. The highest BCUT2D eigenvalue weighted by molar-refractivity contribution is 7.10. The van der Waals surface area contributed by atoms with E-state index in [0.29, 0.717) is 44.7 Å². The van der Waals surface area contributed by atoms with Crippen molar-refractivity contribution in [2.75, 3.05) is 31.1 Å². The molecule has 1 saturated heterocycles. The molecule has 5 rings (SSSR count). The summed E-state index contributed by atoms with van der Waals surface area (Å²) in [6, 6.07) is 15.5. The van der Waals surface area contributed by atoms with Crippen molar-refractivity contribution < 1.29 is 18.1 Å². The normalized spacial score (nSPS) is 17.9. The molecule has 1 aromatic heterocycles. The van der Waals surface area contributed by atoms with E-state index in [4.69, 9.17) is 4.52 Å². The van der Waals surface area contributed by atoms with E-state index in [9.17, 15) is 13.6 Å². The average molecular weight is 495 g/mol. The van der Waals surface area contributed by atoms with Crippen LogP contribution in [0.2, 0.25) is 0 Å². The second-order valence-electron chi connectivity index (χ2n) is 8.48. The number of aromatic nitrogens is 2. The van der Waals surface area contributed by atoms with Gasteiger partial charge in [-0.05, 0) is 42.7 Å². The van der Waals surface area contributed by atoms with Crippen molar-refractivity contribution >= 4 is 27.1 Å². The van der Waals surface area contributed by atoms with Crippen molar-refractivity contribution in [3.63, 3.8) is 0 Å². The summed E-state index contributed by atoms with van der Waals surface area (Å²) in [5.41, 5.74) is 3.11. The molecular weight excluding hydrogens is 471 g/mol. The number of piperazine rings is 1. The van der Waals surface area contributed by atoms with Crippen molar-refractivity contribution in [3.8, 4) is 11.3 Å². The largest absolute Gasteiger partial charge is 0.435 e. The number of anilines is 1. The zero-order valence-corrected chi connectivity index (χ0v) is 20.1. The van der Waals surface area contributed by atoms with Gasteiger partial charge in [0.05, 0.1) is 26.8 Å². The summed E-state index contributed by atoms with van der Waals surface area (Å²) in [5.74, 6) is -0.394. The van der Waals surface area contributed by atoms with Gasteiger partial charge in [-0.15, -0.1) is 10.2 Å². The van der Waals surface area contributed by atoms with E-state index in [0.717, 1.165) is 22.6 Å². The van der Waals surface area contributed by atoms with Gasteiger partial charge in [0.15, 0.2) is 5.82 Å². The number of carbonyl (C=O) groups is 1. The third-order valence-electron chi connectivity index (χ3n) is 6.42. The topological polar surface area (TPSA) is 70.9 Å². The van der Waals surface area contributed by atoms with E-state index < -0.39 is 11.6 Å². The maximum absolute atomic E-state index is 14.1. The van der Waals surface area contributed by atoms with Gasteiger partial charge in [-0.2, -0.15) is 0 Å². The summed E-state index contributed by atoms with van der Waals surface area (Å²) < 4.78 is 32.9. The van der Waals surface area contributed by atoms with Crippen LogP contribution in [-0.4, -0.2) is 53.1 Å². The standard InChI is InChI=1S/C25H24F2N5O2P/c26-18-2-1-3-19(27)24(18)22-9-8-20(28-22)16-4-6-17(7-5-16)21-10-11-23(30-29-21)31-12-14-32(15-13-31)25(33)34-35/h1-7,10-11,20H,8-9,12-15,35H2. The molecule has 2 aliphatic rings. The van der Waals surface area contributed by atoms with Gasteiger partial charge in [-0.1, -0.05) is 30.3 Å². The molecule has 3 aromatic rings. The van der Waals surface area contributed by atoms with Crippen LogP contribution in [0.15, 0.2) is 59.6 Å². The number of carbonyl (C=O) groups excluding carboxylic acids is 1. The van der Waals surface area contributed by atoms with E-state index in [-0.39, 0.29) is 17.7 Å². The third-order valence-corrected chi connectivity index (χ3v) is 6.62. The Balaban J connectivity index is 1.25. The Hall–Kier alpha value is -3.45. The van der Waals surface area contributed by atoms with Gasteiger partial charge in [0, 0.05) is 37.5 Å². The van der Waals surface area contributed by atoms with Crippen LogP contribution in [0.25, 0.3) is 11.3 Å². The molecule has 0 aliphatic carbocycles. The average Bonchev–Trinajstić information content (AvgIpc) is 3.38. The summed E-state index contributed by atoms with van der Waals surface area (Å²) in [7, 11) is 1.98. The van der Waals surface area contributed by atoms with Crippen LogP contribution < -0.4 is 4.90 Å². The van der Waals surface area contributed by atoms with Crippen molar-refractivity contribution in [1.82, 2.24) is 15.1 Å². The molecule has 2 aliphatic heterocycles. The summed E-state index contributed by atoms with van der Waals surface area (Å²) in [6.07, 6.45) is 0.891. The van der Waals surface area contributed by atoms with Crippen molar-refractivity contribution in [3.05, 3.63) is 77.4 Å². The first-order valence-corrected chi connectivity index (χ1v) is 11.9. The molecule has 0 radical (unpaired) electrons. The minimum absolute atomic E-state index is 0.0207. The van der Waals surface area contributed by atoms with Crippen LogP contribution in [0.3, 0.4) is 0 Å². The second-order valence-corrected chi connectivity index (χ2v) is 8.72. The molecular formula is C25H24F2N5O2P. The molecule has 0 bridgehead atoms. The number of hydrogen-bond acceptors (Lipinski definition) is 6. The number of halogens is 2. The molecule has 10 heteroatoms. The zero-order chi connectivity index (χ0) is 24.4. The molecule has 180 valence electrons. The molecule has 2 unspecified atom stereocenters. The highest BCUT2D eigenvalue weighted by atomic mass is 31.0. The summed E-state index contributed by atoms with van der Waals surface area (Å²) >= 11 is 0. The summed E-state index contributed by atoms with van der Waals surface area (Å²) in [6.45, 7) is 2.44. The number of rotatable bonds is 4. The number of hydrogen-bond donors (Lipinski definition) is 0. The lowest BCUT2D eigenvalue weighted by Crippen LogP contribution is -2.48. The monoisotopic (exact) mass is 495 g/mol. The van der Waals surface area contributed by atoms with Gasteiger partial charge in [0.2, 0.25) is 0 Å². The van der Waals surface area contributed by atoms with Crippen LogP contribution in [0, 0.1) is 11.6 Å². The fourth-order valence-electron chi connectivity index (χ4n) is 4.51. The quantitative estimate of drug-likeness (QED) is 0.487. The molecule has 0 saturated carbocycles. The van der Waals surface area contributed by atoms with Crippen molar-refractivity contribution in [1.29, 1.82) is 0 Å². The van der Waals surface area contributed by atoms with Gasteiger partial charge in [0.1, 0.15) is 11.6 Å². The predicted octanol–water partition coefficient (Wildman–Crippen LogP) is 4.79. The smallest absolute Gasteiger partial charge is 0.412 e. The molecule has 1 fully saturated rings. The third kappa shape index (κ3) is 4.86. The first-order valence-electron chi connectivity index (χ1n) is 11.4. The first kappa shape index (κ1) is 23.3. The van der Waals surface area contributed by atoms with Crippen molar-refractivity contribution in [2.45, 2.75) is 18.9 Å². The molecule has 0 spiro atoms. The van der Waals surface area contributed by atoms with Gasteiger partial charge in [-0.3, -0.25) is 4.99 Å². The first-order chi connectivity index (χ1) is 17.0. The fraction of sp³-hybridized carbons (Fsp3) is 0.280. The Morgan fingerprint density at radius 2 is 1.66 bits per heavy atom. The SMILES string of the molecule is O=C(OP)N1CCN(c2ccc(-c3ccc(C4CCC(c5c(F)cccc5F)=N4)cc3)nn2)CC1. The molecule has 7 nitrogen and oxygen atoms in total. The van der Waals surface area contributed by atoms with Gasteiger partial charge in [0.25, 0.3) is 0 Å². The molecule has 0 N–H and O–H groups in total. The van der Waals surface area contributed by atoms with E-state index in [2.05, 4.69) is 20.1 Å². The lowest BCUT2D eigenvalue weighted by molar-refractivity contribution is 0.156. The number of amides is 1. The Labute approximate surface area is 204 Å². The predicted molar refractivity (Wildman–Crippen MR) is 132 cm³/mol. The van der Waals surface area contributed by atoms with Crippen LogP contribution in [0.5, 0.6) is 0 Å². The zero-order valence-electron chi connectivity index (χ0n) is 18.9. The summed E-state index contributed by atoms with van der Waals surface area (Å²) in [4.78, 5) is 20.0. The Morgan fingerprint density at radius 1 is 0.943 bits per heavy atom. The van der Waals surface area contributed by atoms with E-state index in [1.807, 2.05) is 45.9 Å². The van der Waals surface area contributed by atoms with Crippen LogP contribution >= 0.6 is 9.47 Å². The van der Waals surface area contributed by atoms with Crippen LogP contribution in [0.4, 0.5) is 19.4 Å². The van der Waals surface area contributed by atoms with E-state index >= 15 is 0 Å². The van der Waals surface area contributed by atoms with E-state index in [1.54, 1.807) is 4.90 Å². The lowest BCUT2D eigenvalue weighted by Gasteiger charge is -2.34. The minimum atomic E-state index is -0.578. The maximum Gasteiger partial charge on any atom is 0.412 e. The molecule has 1 amide bonds. The molecule has 35 heavy (non-hydrogen) atoms. The Morgan fingerprint density at radius 3 is 2.29 bits per heavy atom. The fourth-order valence-corrected chi connectivity index (χ4v) is 4.66.